The van der Waals surface area contributed by atoms with E-state index in [1.807, 2.05) is 0 Å². The number of nitrogens with zero attached hydrogens (tertiary/aromatic N) is 1. The van der Waals surface area contributed by atoms with E-state index in [9.17, 15) is 0 Å². The van der Waals surface area contributed by atoms with Crippen molar-refractivity contribution in [1.82, 2.24) is 10.2 Å². The second-order valence-corrected chi connectivity index (χ2v) is 6.93. The minimum absolute atomic E-state index is 0.250. The zero-order valence-electron chi connectivity index (χ0n) is 12.2. The summed E-state index contributed by atoms with van der Waals surface area (Å²) in [5.74, 6) is 0. The van der Waals surface area contributed by atoms with Crippen LogP contribution in [0.4, 0.5) is 0 Å². The number of rotatable bonds is 3. The fraction of sp³-hybridized carbons (Fsp3) is 0.625. The first-order valence-corrected chi connectivity index (χ1v) is 8.05. The summed E-state index contributed by atoms with van der Waals surface area (Å²) in [6.07, 6.45) is 2.41. The van der Waals surface area contributed by atoms with Gasteiger partial charge in [-0.2, -0.15) is 0 Å². The molecule has 0 amide bonds. The molecule has 1 heterocycles. The highest BCUT2D eigenvalue weighted by Gasteiger charge is 2.30. The minimum atomic E-state index is 0.250. The zero-order chi connectivity index (χ0) is 13.9. The molecule has 1 N–H and O–H groups in total. The quantitative estimate of drug-likeness (QED) is 0.909. The van der Waals surface area contributed by atoms with Gasteiger partial charge in [-0.3, -0.25) is 4.90 Å². The fourth-order valence-electron chi connectivity index (χ4n) is 2.70. The Morgan fingerprint density at radius 2 is 2.05 bits per heavy atom. The Balaban J connectivity index is 2.09. The number of hydrogen-bond donors (Lipinski definition) is 1. The Morgan fingerprint density at radius 1 is 1.37 bits per heavy atom. The molecule has 1 aromatic rings. The molecule has 106 valence electrons. The van der Waals surface area contributed by atoms with Gasteiger partial charge in [0.1, 0.15) is 0 Å². The highest BCUT2D eigenvalue weighted by Crippen LogP contribution is 2.21. The van der Waals surface area contributed by atoms with E-state index >= 15 is 0 Å². The van der Waals surface area contributed by atoms with Crippen LogP contribution in [0.5, 0.6) is 0 Å². The second kappa shape index (κ2) is 6.38. The Morgan fingerprint density at radius 3 is 2.68 bits per heavy atom. The van der Waals surface area contributed by atoms with Crippen LogP contribution >= 0.6 is 15.9 Å². The van der Waals surface area contributed by atoms with E-state index in [2.05, 4.69) is 71.2 Å². The molecule has 1 saturated heterocycles. The molecule has 1 aliphatic heterocycles. The monoisotopic (exact) mass is 324 g/mol. The molecule has 0 bridgehead atoms. The summed E-state index contributed by atoms with van der Waals surface area (Å²) in [5, 5.41) is 3.71. The minimum Gasteiger partial charge on any atom is -0.310 e. The van der Waals surface area contributed by atoms with E-state index in [-0.39, 0.29) is 5.54 Å². The van der Waals surface area contributed by atoms with Crippen LogP contribution < -0.4 is 5.32 Å². The molecule has 3 heteroatoms. The first-order chi connectivity index (χ1) is 9.02. The Bertz CT molecular complexity index is 404. The first kappa shape index (κ1) is 15.0. The zero-order valence-corrected chi connectivity index (χ0v) is 13.8. The number of nitrogens with one attached hydrogen (secondary N) is 1. The van der Waals surface area contributed by atoms with Crippen molar-refractivity contribution in [1.29, 1.82) is 0 Å². The van der Waals surface area contributed by atoms with Crippen LogP contribution in [-0.2, 0) is 6.54 Å². The first-order valence-electron chi connectivity index (χ1n) is 7.26. The molecule has 1 aliphatic rings. The lowest BCUT2D eigenvalue weighted by atomic mass is 9.98. The third-order valence-electron chi connectivity index (χ3n) is 4.37. The Labute approximate surface area is 125 Å². The lowest BCUT2D eigenvalue weighted by Crippen LogP contribution is -2.49. The third kappa shape index (κ3) is 4.04. The molecular weight excluding hydrogens is 300 g/mol. The van der Waals surface area contributed by atoms with E-state index in [0.717, 1.165) is 24.1 Å². The van der Waals surface area contributed by atoms with Crippen molar-refractivity contribution in [2.75, 3.05) is 13.1 Å². The van der Waals surface area contributed by atoms with E-state index in [4.69, 9.17) is 0 Å². The molecule has 1 fully saturated rings. The van der Waals surface area contributed by atoms with Crippen molar-refractivity contribution in [3.8, 4) is 0 Å². The number of halogens is 1. The largest absolute Gasteiger partial charge is 0.310 e. The van der Waals surface area contributed by atoms with Gasteiger partial charge in [-0.25, -0.2) is 0 Å². The Hall–Kier alpha value is -0.380. The number of benzene rings is 1. The average molecular weight is 325 g/mol. The van der Waals surface area contributed by atoms with Gasteiger partial charge in [0.25, 0.3) is 0 Å². The molecular formula is C16H25BrN2. The van der Waals surface area contributed by atoms with Crippen LogP contribution in [0.15, 0.2) is 28.7 Å². The molecule has 0 aromatic heterocycles. The lowest BCUT2D eigenvalue weighted by molar-refractivity contribution is 0.163. The summed E-state index contributed by atoms with van der Waals surface area (Å²) in [6, 6.07) is 9.35. The molecule has 0 aliphatic carbocycles. The topological polar surface area (TPSA) is 15.3 Å². The van der Waals surface area contributed by atoms with Crippen LogP contribution in [0.25, 0.3) is 0 Å². The molecule has 2 rings (SSSR count). The summed E-state index contributed by atoms with van der Waals surface area (Å²) in [5.41, 5.74) is 1.65. The van der Waals surface area contributed by atoms with E-state index in [1.54, 1.807) is 0 Å². The second-order valence-electron chi connectivity index (χ2n) is 6.01. The van der Waals surface area contributed by atoms with Crippen LogP contribution in [0.3, 0.4) is 0 Å². The van der Waals surface area contributed by atoms with Crippen molar-refractivity contribution >= 4 is 15.9 Å². The van der Waals surface area contributed by atoms with Crippen molar-refractivity contribution in [2.24, 2.45) is 0 Å². The molecule has 0 radical (unpaired) electrons. The van der Waals surface area contributed by atoms with Crippen LogP contribution in [0.2, 0.25) is 0 Å². The van der Waals surface area contributed by atoms with Crippen molar-refractivity contribution in [3.63, 3.8) is 0 Å². The number of hydrogen-bond acceptors (Lipinski definition) is 2. The summed E-state index contributed by atoms with van der Waals surface area (Å²) >= 11 is 3.50. The van der Waals surface area contributed by atoms with Gasteiger partial charge in [0.15, 0.2) is 0 Å². The van der Waals surface area contributed by atoms with Crippen LogP contribution in [0, 0.1) is 0 Å². The lowest BCUT2D eigenvalue weighted by Gasteiger charge is -2.35. The van der Waals surface area contributed by atoms with E-state index in [1.165, 1.54) is 18.4 Å². The SMILES string of the molecule is CCC1(C)CN(Cc2ccc(Br)cc2)C(C)CCN1. The van der Waals surface area contributed by atoms with Crippen molar-refractivity contribution in [3.05, 3.63) is 34.3 Å². The summed E-state index contributed by atoms with van der Waals surface area (Å²) in [7, 11) is 0. The molecule has 1 aromatic carbocycles. The maximum absolute atomic E-state index is 3.71. The maximum Gasteiger partial charge on any atom is 0.0278 e. The maximum atomic E-state index is 3.71. The van der Waals surface area contributed by atoms with Gasteiger partial charge in [0, 0.05) is 29.1 Å². The van der Waals surface area contributed by atoms with E-state index < -0.39 is 0 Å². The average Bonchev–Trinajstić information content (AvgIpc) is 2.53. The van der Waals surface area contributed by atoms with Gasteiger partial charge < -0.3 is 5.32 Å². The van der Waals surface area contributed by atoms with Gasteiger partial charge in [-0.15, -0.1) is 0 Å². The highest BCUT2D eigenvalue weighted by atomic mass is 79.9. The van der Waals surface area contributed by atoms with E-state index in [0.29, 0.717) is 6.04 Å². The van der Waals surface area contributed by atoms with Gasteiger partial charge in [0.2, 0.25) is 0 Å². The predicted molar refractivity (Wildman–Crippen MR) is 85.3 cm³/mol. The molecule has 0 saturated carbocycles. The third-order valence-corrected chi connectivity index (χ3v) is 4.90. The molecule has 2 atom stereocenters. The molecule has 2 nitrogen and oxygen atoms in total. The van der Waals surface area contributed by atoms with Crippen LogP contribution in [-0.4, -0.2) is 29.6 Å². The van der Waals surface area contributed by atoms with Crippen molar-refractivity contribution < 1.29 is 0 Å². The predicted octanol–water partition coefficient (Wildman–Crippen LogP) is 3.80. The van der Waals surface area contributed by atoms with Gasteiger partial charge in [-0.05, 0) is 50.9 Å². The fourth-order valence-corrected chi connectivity index (χ4v) is 2.96. The molecule has 2 unspecified atom stereocenters. The summed E-state index contributed by atoms with van der Waals surface area (Å²) in [4.78, 5) is 2.62. The van der Waals surface area contributed by atoms with Crippen molar-refractivity contribution in [2.45, 2.75) is 51.7 Å². The summed E-state index contributed by atoms with van der Waals surface area (Å²) in [6.45, 7) is 10.3. The van der Waals surface area contributed by atoms with Gasteiger partial charge in [-0.1, -0.05) is 35.0 Å². The van der Waals surface area contributed by atoms with Gasteiger partial charge in [0.05, 0.1) is 0 Å². The smallest absolute Gasteiger partial charge is 0.0278 e. The normalized spacial score (nSPS) is 29.2. The Kier molecular flexibility index (Phi) is 5.04. The molecule has 0 spiro atoms. The van der Waals surface area contributed by atoms with Gasteiger partial charge >= 0.3 is 0 Å². The molecule has 19 heavy (non-hydrogen) atoms. The standard InChI is InChI=1S/C16H25BrN2/c1-4-16(3)12-19(13(2)9-10-18-16)11-14-5-7-15(17)8-6-14/h5-8,13,18H,4,9-12H2,1-3H3. The van der Waals surface area contributed by atoms with Crippen LogP contribution in [0.1, 0.15) is 39.2 Å². The summed E-state index contributed by atoms with van der Waals surface area (Å²) < 4.78 is 1.15. The highest BCUT2D eigenvalue weighted by molar-refractivity contribution is 9.10.